The van der Waals surface area contributed by atoms with E-state index in [1.807, 2.05) is 52.0 Å². The Morgan fingerprint density at radius 1 is 0.600 bits per heavy atom. The van der Waals surface area contributed by atoms with Gasteiger partial charge in [-0.05, 0) is 49.7 Å². The van der Waals surface area contributed by atoms with Gasteiger partial charge in [-0.1, -0.05) is 64.1 Å². The molecule has 0 aliphatic carbocycles. The SMILES string of the molecule is COC(=O)[C@H](CC(C)C)N(CCCOc1ccccc1-c1ccccc1OCCCN(C(=O)C(N)=O)[C@@H](CC(C)C)C(=O)OC)C(=O)C(N)=O. The first-order valence-corrected chi connectivity index (χ1v) is 16.5. The summed E-state index contributed by atoms with van der Waals surface area (Å²) in [5.74, 6) is -4.45. The number of nitrogens with two attached hydrogens (primary N) is 2. The molecule has 14 heteroatoms. The highest BCUT2D eigenvalue weighted by atomic mass is 16.5. The normalized spacial score (nSPS) is 12.1. The summed E-state index contributed by atoms with van der Waals surface area (Å²) >= 11 is 0. The zero-order valence-electron chi connectivity index (χ0n) is 29.7. The largest absolute Gasteiger partial charge is 0.493 e. The predicted molar refractivity (Wildman–Crippen MR) is 184 cm³/mol. The lowest BCUT2D eigenvalue weighted by atomic mass is 10.0. The number of benzene rings is 2. The molecule has 50 heavy (non-hydrogen) atoms. The zero-order chi connectivity index (χ0) is 37.4. The molecule has 2 rings (SSSR count). The van der Waals surface area contributed by atoms with Crippen LogP contribution >= 0.6 is 0 Å². The van der Waals surface area contributed by atoms with Crippen molar-refractivity contribution in [3.05, 3.63) is 48.5 Å². The van der Waals surface area contributed by atoms with E-state index >= 15 is 0 Å². The summed E-state index contributed by atoms with van der Waals surface area (Å²) in [5, 5.41) is 0. The number of ether oxygens (including phenoxy) is 4. The first-order chi connectivity index (χ1) is 23.7. The van der Waals surface area contributed by atoms with E-state index in [2.05, 4.69) is 0 Å². The standard InChI is InChI=1S/C36H50N4O10/c1-23(2)21-27(35(45)47-5)39(33(43)31(37)41)17-11-19-49-29-15-9-7-13-25(29)26-14-8-10-16-30(26)50-20-12-18-40(34(44)32(38)42)28(22-24(3)4)36(46)48-6/h7-10,13-16,23-24,27-28H,11-12,17-22H2,1-6H3,(H2,37,41)(H2,38,42)/t27-,28-/m0/s1. The van der Waals surface area contributed by atoms with Gasteiger partial charge >= 0.3 is 35.6 Å². The number of rotatable bonds is 19. The van der Waals surface area contributed by atoms with Gasteiger partial charge in [0.25, 0.3) is 0 Å². The molecule has 4 N–H and O–H groups in total. The average Bonchev–Trinajstić information content (AvgIpc) is 3.09. The minimum absolute atomic E-state index is 0.0272. The first kappa shape index (κ1) is 41.0. The maximum absolute atomic E-state index is 12.7. The van der Waals surface area contributed by atoms with Crippen LogP contribution in [-0.2, 0) is 38.2 Å². The van der Waals surface area contributed by atoms with Crippen LogP contribution in [0.15, 0.2) is 48.5 Å². The second kappa shape index (κ2) is 20.4. The van der Waals surface area contributed by atoms with E-state index in [0.29, 0.717) is 22.6 Å². The van der Waals surface area contributed by atoms with Gasteiger partial charge in [0.2, 0.25) is 0 Å². The van der Waals surface area contributed by atoms with Crippen LogP contribution in [0.2, 0.25) is 0 Å². The molecule has 0 bridgehead atoms. The minimum atomic E-state index is -1.17. The molecule has 0 unspecified atom stereocenters. The smallest absolute Gasteiger partial charge is 0.328 e. The number of para-hydroxylation sites is 2. The molecule has 2 aromatic carbocycles. The number of nitrogens with zero attached hydrogens (tertiary/aromatic N) is 2. The van der Waals surface area contributed by atoms with Crippen LogP contribution in [0.4, 0.5) is 0 Å². The molecular weight excluding hydrogens is 648 g/mol. The highest BCUT2D eigenvalue weighted by Crippen LogP contribution is 2.36. The number of amides is 4. The molecule has 14 nitrogen and oxygen atoms in total. The highest BCUT2D eigenvalue weighted by molar-refractivity contribution is 6.35. The fourth-order valence-electron chi connectivity index (χ4n) is 5.41. The Hall–Kier alpha value is -5.14. The third-order valence-corrected chi connectivity index (χ3v) is 7.70. The second-order valence-electron chi connectivity index (χ2n) is 12.5. The molecule has 0 radical (unpaired) electrons. The van der Waals surface area contributed by atoms with Gasteiger partial charge < -0.3 is 40.2 Å². The van der Waals surface area contributed by atoms with Gasteiger partial charge in [0, 0.05) is 24.2 Å². The summed E-state index contributed by atoms with van der Waals surface area (Å²) in [6.07, 6.45) is 1.13. The first-order valence-electron chi connectivity index (χ1n) is 16.5. The van der Waals surface area contributed by atoms with Crippen LogP contribution < -0.4 is 20.9 Å². The van der Waals surface area contributed by atoms with Crippen LogP contribution in [0, 0.1) is 11.8 Å². The molecular formula is C36H50N4O10. The van der Waals surface area contributed by atoms with E-state index in [1.165, 1.54) is 14.2 Å². The van der Waals surface area contributed by atoms with E-state index < -0.39 is 47.7 Å². The summed E-state index contributed by atoms with van der Waals surface area (Å²) < 4.78 is 22.0. The molecule has 0 aromatic heterocycles. The monoisotopic (exact) mass is 698 g/mol. The summed E-state index contributed by atoms with van der Waals surface area (Å²) in [4.78, 5) is 76.3. The zero-order valence-corrected chi connectivity index (χ0v) is 29.7. The lowest BCUT2D eigenvalue weighted by Gasteiger charge is -2.30. The molecule has 0 fully saturated rings. The Kier molecular flexibility index (Phi) is 16.7. The van der Waals surface area contributed by atoms with Crippen molar-refractivity contribution in [1.29, 1.82) is 0 Å². The summed E-state index contributed by atoms with van der Waals surface area (Å²) in [6, 6.07) is 12.6. The lowest BCUT2D eigenvalue weighted by molar-refractivity contribution is -0.156. The fraction of sp³-hybridized carbons (Fsp3) is 0.500. The van der Waals surface area contributed by atoms with Gasteiger partial charge in [-0.25, -0.2) is 9.59 Å². The quantitative estimate of drug-likeness (QED) is 0.125. The van der Waals surface area contributed by atoms with Crippen LogP contribution in [0.25, 0.3) is 11.1 Å². The molecule has 0 saturated carbocycles. The van der Waals surface area contributed by atoms with Crippen LogP contribution in [-0.4, -0.2) is 98.0 Å². The Labute approximate surface area is 293 Å². The lowest BCUT2D eigenvalue weighted by Crippen LogP contribution is -2.51. The van der Waals surface area contributed by atoms with Gasteiger partial charge in [0.05, 0.1) is 27.4 Å². The summed E-state index contributed by atoms with van der Waals surface area (Å²) in [7, 11) is 2.44. The number of hydrogen-bond acceptors (Lipinski definition) is 10. The Bertz CT molecular complexity index is 1370. The second-order valence-corrected chi connectivity index (χ2v) is 12.5. The van der Waals surface area contributed by atoms with Crippen molar-refractivity contribution in [3.63, 3.8) is 0 Å². The maximum atomic E-state index is 12.7. The van der Waals surface area contributed by atoms with Gasteiger partial charge in [-0.3, -0.25) is 19.2 Å². The van der Waals surface area contributed by atoms with E-state index in [9.17, 15) is 28.8 Å². The minimum Gasteiger partial charge on any atom is -0.493 e. The predicted octanol–water partition coefficient (Wildman–Crippen LogP) is 2.69. The van der Waals surface area contributed by atoms with Crippen molar-refractivity contribution in [3.8, 4) is 22.6 Å². The van der Waals surface area contributed by atoms with Crippen molar-refractivity contribution in [2.75, 3.05) is 40.5 Å². The Balaban J connectivity index is 2.19. The van der Waals surface area contributed by atoms with Crippen molar-refractivity contribution in [2.24, 2.45) is 23.3 Å². The molecule has 0 saturated heterocycles. The van der Waals surface area contributed by atoms with Crippen LogP contribution in [0.5, 0.6) is 11.5 Å². The third kappa shape index (κ3) is 12.1. The van der Waals surface area contributed by atoms with Gasteiger partial charge in [0.1, 0.15) is 23.6 Å². The number of hydrogen-bond donors (Lipinski definition) is 2. The van der Waals surface area contributed by atoms with Gasteiger partial charge in [-0.15, -0.1) is 0 Å². The summed E-state index contributed by atoms with van der Waals surface area (Å²) in [5.41, 5.74) is 12.0. The van der Waals surface area contributed by atoms with Crippen molar-refractivity contribution in [1.82, 2.24) is 9.80 Å². The summed E-state index contributed by atoms with van der Waals surface area (Å²) in [6.45, 7) is 7.88. The number of esters is 2. The third-order valence-electron chi connectivity index (χ3n) is 7.70. The van der Waals surface area contributed by atoms with Crippen molar-refractivity contribution < 1.29 is 47.7 Å². The Morgan fingerprint density at radius 3 is 1.24 bits per heavy atom. The molecule has 0 heterocycles. The van der Waals surface area contributed by atoms with E-state index in [0.717, 1.165) is 9.80 Å². The van der Waals surface area contributed by atoms with Gasteiger partial charge in [0.15, 0.2) is 0 Å². The molecule has 0 aliphatic heterocycles. The van der Waals surface area contributed by atoms with Crippen molar-refractivity contribution in [2.45, 2.75) is 65.5 Å². The molecule has 274 valence electrons. The number of carbonyl (C=O) groups is 6. The highest BCUT2D eigenvalue weighted by Gasteiger charge is 2.34. The Morgan fingerprint density at radius 2 is 0.940 bits per heavy atom. The molecule has 2 atom stereocenters. The molecule has 4 amide bonds. The number of primary amides is 2. The molecule has 0 spiro atoms. The van der Waals surface area contributed by atoms with E-state index in [-0.39, 0.29) is 63.8 Å². The molecule has 0 aliphatic rings. The molecule has 2 aromatic rings. The average molecular weight is 699 g/mol. The maximum Gasteiger partial charge on any atom is 0.328 e. The van der Waals surface area contributed by atoms with Gasteiger partial charge in [-0.2, -0.15) is 0 Å². The van der Waals surface area contributed by atoms with Crippen molar-refractivity contribution >= 4 is 35.6 Å². The van der Waals surface area contributed by atoms with E-state index in [4.69, 9.17) is 30.4 Å². The van der Waals surface area contributed by atoms with E-state index in [1.54, 1.807) is 24.3 Å². The topological polar surface area (TPSA) is 198 Å². The fourth-order valence-corrected chi connectivity index (χ4v) is 5.41. The number of carbonyl (C=O) groups excluding carboxylic acids is 6. The van der Waals surface area contributed by atoms with Crippen LogP contribution in [0.1, 0.15) is 53.4 Å². The number of methoxy groups -OCH3 is 2. The van der Waals surface area contributed by atoms with Crippen LogP contribution in [0.3, 0.4) is 0 Å².